The van der Waals surface area contributed by atoms with Crippen molar-refractivity contribution in [2.75, 3.05) is 0 Å². The van der Waals surface area contributed by atoms with E-state index in [9.17, 15) is 4.39 Å². The van der Waals surface area contributed by atoms with Crippen molar-refractivity contribution in [3.63, 3.8) is 0 Å². The summed E-state index contributed by atoms with van der Waals surface area (Å²) in [5, 5.41) is 0. The molecule has 0 spiro atoms. The lowest BCUT2D eigenvalue weighted by molar-refractivity contribution is 0.657. The molecule has 0 aromatic heterocycles. The third kappa shape index (κ3) is 2.18. The van der Waals surface area contributed by atoms with Gasteiger partial charge in [0.1, 0.15) is 5.83 Å². The molecule has 0 fully saturated rings. The first-order chi connectivity index (χ1) is 4.79. The van der Waals surface area contributed by atoms with Gasteiger partial charge in [0.2, 0.25) is 0 Å². The third-order valence-electron chi connectivity index (χ3n) is 1.42. The van der Waals surface area contributed by atoms with Crippen LogP contribution < -0.4 is 0 Å². The largest absolute Gasteiger partial charge is 0.207 e. The van der Waals surface area contributed by atoms with E-state index in [0.29, 0.717) is 0 Å². The van der Waals surface area contributed by atoms with E-state index in [1.54, 1.807) is 12.2 Å². The molecule has 0 heterocycles. The number of hydrogen-bond acceptors (Lipinski definition) is 0. The molecule has 0 aromatic rings. The molecule has 1 aliphatic carbocycles. The van der Waals surface area contributed by atoms with Crippen molar-refractivity contribution < 1.29 is 4.39 Å². The van der Waals surface area contributed by atoms with E-state index in [1.807, 2.05) is 13.0 Å². The summed E-state index contributed by atoms with van der Waals surface area (Å²) in [6.07, 6.45) is 8.94. The molecule has 1 aliphatic rings. The van der Waals surface area contributed by atoms with E-state index in [0.717, 1.165) is 18.4 Å². The van der Waals surface area contributed by atoms with Crippen molar-refractivity contribution in [2.24, 2.45) is 0 Å². The Bertz CT molecular complexity index is 197. The molecular formula is C9H11F. The second-order valence-electron chi connectivity index (χ2n) is 2.46. The summed E-state index contributed by atoms with van der Waals surface area (Å²) in [5.41, 5.74) is 0.980. The van der Waals surface area contributed by atoms with Crippen molar-refractivity contribution >= 4 is 0 Å². The maximum Gasteiger partial charge on any atom is 0.119 e. The molecule has 0 saturated carbocycles. The minimum atomic E-state index is -0.109. The number of allylic oxidation sites excluding steroid dienone is 6. The molecule has 10 heavy (non-hydrogen) atoms. The van der Waals surface area contributed by atoms with Crippen LogP contribution in [0.25, 0.3) is 0 Å². The average Bonchev–Trinajstić information content (AvgIpc) is 1.83. The van der Waals surface area contributed by atoms with Gasteiger partial charge in [-0.25, -0.2) is 4.39 Å². The first-order valence-corrected chi connectivity index (χ1v) is 3.49. The van der Waals surface area contributed by atoms with Gasteiger partial charge >= 0.3 is 0 Å². The highest BCUT2D eigenvalue weighted by atomic mass is 19.1. The molecule has 0 radical (unpaired) electrons. The van der Waals surface area contributed by atoms with Crippen molar-refractivity contribution in [3.05, 3.63) is 35.7 Å². The average molecular weight is 138 g/mol. The van der Waals surface area contributed by atoms with Gasteiger partial charge in [0, 0.05) is 0 Å². The number of rotatable bonds is 0. The first kappa shape index (κ1) is 7.26. The van der Waals surface area contributed by atoms with Gasteiger partial charge in [-0.05, 0) is 37.5 Å². The van der Waals surface area contributed by atoms with Crippen LogP contribution >= 0.6 is 0 Å². The van der Waals surface area contributed by atoms with Crippen LogP contribution in [0.4, 0.5) is 4.39 Å². The van der Waals surface area contributed by atoms with Crippen molar-refractivity contribution in [1.82, 2.24) is 0 Å². The summed E-state index contributed by atoms with van der Waals surface area (Å²) < 4.78 is 12.6. The summed E-state index contributed by atoms with van der Waals surface area (Å²) >= 11 is 0. The highest BCUT2D eigenvalue weighted by Gasteiger charge is 1.92. The number of hydrogen-bond donors (Lipinski definition) is 0. The highest BCUT2D eigenvalue weighted by molar-refractivity contribution is 5.26. The smallest absolute Gasteiger partial charge is 0.119 e. The summed E-state index contributed by atoms with van der Waals surface area (Å²) in [4.78, 5) is 0. The highest BCUT2D eigenvalue weighted by Crippen LogP contribution is 2.10. The van der Waals surface area contributed by atoms with E-state index in [-0.39, 0.29) is 5.83 Å². The van der Waals surface area contributed by atoms with Gasteiger partial charge in [0.25, 0.3) is 0 Å². The SMILES string of the molecule is CC1=C/C(F)=C\CCC=C1. The minimum Gasteiger partial charge on any atom is -0.207 e. The molecule has 0 nitrogen and oxygen atoms in total. The predicted octanol–water partition coefficient (Wildman–Crippen LogP) is 3.14. The summed E-state index contributed by atoms with van der Waals surface area (Å²) in [5.74, 6) is -0.109. The zero-order valence-electron chi connectivity index (χ0n) is 6.10. The Morgan fingerprint density at radius 1 is 1.40 bits per heavy atom. The molecule has 0 bridgehead atoms. The molecule has 0 N–H and O–H groups in total. The fourth-order valence-corrected chi connectivity index (χ4v) is 0.911. The summed E-state index contributed by atoms with van der Waals surface area (Å²) in [7, 11) is 0. The Morgan fingerprint density at radius 3 is 3.00 bits per heavy atom. The minimum absolute atomic E-state index is 0.109. The second-order valence-corrected chi connectivity index (χ2v) is 2.46. The molecule has 0 unspecified atom stereocenters. The fourth-order valence-electron chi connectivity index (χ4n) is 0.911. The zero-order chi connectivity index (χ0) is 7.40. The molecule has 0 aliphatic heterocycles. The van der Waals surface area contributed by atoms with Crippen LogP contribution in [-0.4, -0.2) is 0 Å². The van der Waals surface area contributed by atoms with Crippen LogP contribution in [0, 0.1) is 0 Å². The Hall–Kier alpha value is -0.850. The summed E-state index contributed by atoms with van der Waals surface area (Å²) in [6, 6.07) is 0. The maximum absolute atomic E-state index is 12.6. The van der Waals surface area contributed by atoms with Crippen LogP contribution in [0.3, 0.4) is 0 Å². The lowest BCUT2D eigenvalue weighted by Crippen LogP contribution is -1.77. The lowest BCUT2D eigenvalue weighted by atomic mass is 10.1. The van der Waals surface area contributed by atoms with Crippen LogP contribution in [0.2, 0.25) is 0 Å². The Labute approximate surface area is 60.7 Å². The van der Waals surface area contributed by atoms with Gasteiger partial charge in [-0.15, -0.1) is 0 Å². The topological polar surface area (TPSA) is 0 Å². The van der Waals surface area contributed by atoms with Gasteiger partial charge < -0.3 is 0 Å². The fraction of sp³-hybridized carbons (Fsp3) is 0.333. The quantitative estimate of drug-likeness (QED) is 0.482. The molecule has 0 amide bonds. The molecule has 0 saturated heterocycles. The molecule has 54 valence electrons. The van der Waals surface area contributed by atoms with Gasteiger partial charge in [-0.3, -0.25) is 0 Å². The van der Waals surface area contributed by atoms with Crippen LogP contribution in [-0.2, 0) is 0 Å². The van der Waals surface area contributed by atoms with Gasteiger partial charge in [0.15, 0.2) is 0 Å². The van der Waals surface area contributed by atoms with E-state index in [4.69, 9.17) is 0 Å². The van der Waals surface area contributed by atoms with Crippen molar-refractivity contribution in [2.45, 2.75) is 19.8 Å². The third-order valence-corrected chi connectivity index (χ3v) is 1.42. The normalized spacial score (nSPS) is 24.2. The molecule has 0 atom stereocenters. The van der Waals surface area contributed by atoms with Crippen LogP contribution in [0.1, 0.15) is 19.8 Å². The van der Waals surface area contributed by atoms with E-state index in [2.05, 4.69) is 6.08 Å². The van der Waals surface area contributed by atoms with Crippen molar-refractivity contribution in [3.8, 4) is 0 Å². The second kappa shape index (κ2) is 3.35. The Balaban J connectivity index is 2.79. The van der Waals surface area contributed by atoms with E-state index < -0.39 is 0 Å². The monoisotopic (exact) mass is 138 g/mol. The van der Waals surface area contributed by atoms with Crippen LogP contribution in [0.15, 0.2) is 35.7 Å². The Kier molecular flexibility index (Phi) is 2.43. The maximum atomic E-state index is 12.6. The first-order valence-electron chi connectivity index (χ1n) is 3.49. The van der Waals surface area contributed by atoms with E-state index >= 15 is 0 Å². The molecule has 1 rings (SSSR count). The molecule has 0 aromatic carbocycles. The predicted molar refractivity (Wildman–Crippen MR) is 41.3 cm³/mol. The lowest BCUT2D eigenvalue weighted by Gasteiger charge is -1.96. The van der Waals surface area contributed by atoms with E-state index in [1.165, 1.54) is 0 Å². The zero-order valence-corrected chi connectivity index (χ0v) is 6.10. The van der Waals surface area contributed by atoms with Gasteiger partial charge in [0.05, 0.1) is 0 Å². The molecular weight excluding hydrogens is 127 g/mol. The molecule has 1 heteroatoms. The summed E-state index contributed by atoms with van der Waals surface area (Å²) in [6.45, 7) is 1.90. The van der Waals surface area contributed by atoms with Gasteiger partial charge in [-0.2, -0.15) is 0 Å². The van der Waals surface area contributed by atoms with Crippen LogP contribution in [0.5, 0.6) is 0 Å². The standard InChI is InChI=1S/C9H11F/c1-8-5-3-2-4-6-9(10)7-8/h3,5-7H,2,4H2,1H3/b5-3?,8-7?,9-6+. The number of halogens is 1. The Morgan fingerprint density at radius 2 is 2.20 bits per heavy atom. The van der Waals surface area contributed by atoms with Gasteiger partial charge in [-0.1, -0.05) is 12.2 Å². The van der Waals surface area contributed by atoms with Crippen molar-refractivity contribution in [1.29, 1.82) is 0 Å².